The summed E-state index contributed by atoms with van der Waals surface area (Å²) in [5.41, 5.74) is 0. The lowest BCUT2D eigenvalue weighted by molar-refractivity contribution is -0.151. The van der Waals surface area contributed by atoms with Gasteiger partial charge in [0.15, 0.2) is 0 Å². The Labute approximate surface area is 133 Å². The molecule has 1 atom stereocenters. The van der Waals surface area contributed by atoms with E-state index in [9.17, 15) is 9.59 Å². The van der Waals surface area contributed by atoms with Crippen molar-refractivity contribution < 1.29 is 27.9 Å². The Morgan fingerprint density at radius 2 is 1.61 bits per heavy atom. The van der Waals surface area contributed by atoms with Gasteiger partial charge >= 0.3 is 11.9 Å². The van der Waals surface area contributed by atoms with E-state index in [1.165, 1.54) is 36.8 Å². The maximum Gasteiger partial charge on any atom is 0.331 e. The van der Waals surface area contributed by atoms with E-state index >= 15 is 0 Å². The molecule has 0 saturated carbocycles. The molecule has 2 aromatic rings. The van der Waals surface area contributed by atoms with Crippen molar-refractivity contribution >= 4 is 24.1 Å². The van der Waals surface area contributed by atoms with Crippen LogP contribution in [0.4, 0.5) is 0 Å². The highest BCUT2D eigenvalue weighted by atomic mass is 16.6. The zero-order valence-corrected chi connectivity index (χ0v) is 12.5. The molecule has 2 rings (SSSR count). The molecule has 6 nitrogen and oxygen atoms in total. The summed E-state index contributed by atoms with van der Waals surface area (Å²) in [7, 11) is 0. The van der Waals surface area contributed by atoms with Crippen LogP contribution in [0.2, 0.25) is 0 Å². The average molecular weight is 316 g/mol. The Morgan fingerprint density at radius 3 is 2.13 bits per heavy atom. The predicted octanol–water partition coefficient (Wildman–Crippen LogP) is 3.07. The van der Waals surface area contributed by atoms with Gasteiger partial charge in [-0.2, -0.15) is 0 Å². The zero-order chi connectivity index (χ0) is 16.5. The molecule has 6 heteroatoms. The second kappa shape index (κ2) is 8.43. The van der Waals surface area contributed by atoms with Gasteiger partial charge in [0.25, 0.3) is 0 Å². The number of ether oxygens (including phenoxy) is 2. The molecule has 120 valence electrons. The lowest BCUT2D eigenvalue weighted by Crippen LogP contribution is -2.20. The van der Waals surface area contributed by atoms with Crippen LogP contribution in [0.15, 0.2) is 57.8 Å². The Hall–Kier alpha value is -3.02. The monoisotopic (exact) mass is 316 g/mol. The predicted molar refractivity (Wildman–Crippen MR) is 82.0 cm³/mol. The molecule has 0 N–H and O–H groups in total. The first-order valence-corrected chi connectivity index (χ1v) is 6.94. The van der Waals surface area contributed by atoms with Gasteiger partial charge in [0.05, 0.1) is 12.5 Å². The Morgan fingerprint density at radius 1 is 1.04 bits per heavy atom. The number of hydrogen-bond acceptors (Lipinski definition) is 6. The highest BCUT2D eigenvalue weighted by molar-refractivity contribution is 5.87. The number of rotatable bonds is 7. The normalized spacial score (nSPS) is 12.6. The van der Waals surface area contributed by atoms with E-state index in [-0.39, 0.29) is 6.61 Å². The molecule has 23 heavy (non-hydrogen) atoms. The van der Waals surface area contributed by atoms with Crippen LogP contribution in [0.3, 0.4) is 0 Å². The van der Waals surface area contributed by atoms with Crippen molar-refractivity contribution in [1.29, 1.82) is 0 Å². The number of carbonyl (C=O) groups is 2. The van der Waals surface area contributed by atoms with Crippen molar-refractivity contribution in [2.24, 2.45) is 0 Å². The van der Waals surface area contributed by atoms with Crippen LogP contribution in [0.1, 0.15) is 18.4 Å². The second-order valence-corrected chi connectivity index (χ2v) is 4.58. The van der Waals surface area contributed by atoms with E-state index in [1.807, 2.05) is 0 Å². The molecule has 0 spiro atoms. The SMILES string of the molecule is CC(COC(=O)/C=C/c1ccco1)OC(=O)/C=C/c1ccco1. The largest absolute Gasteiger partial charge is 0.465 e. The standard InChI is InChI=1S/C17H16O6/c1-13(23-17(19)9-7-15-5-3-11-21-15)12-22-16(18)8-6-14-4-2-10-20-14/h2-11,13H,12H2,1H3/b8-6+,9-7+. The minimum Gasteiger partial charge on any atom is -0.465 e. The summed E-state index contributed by atoms with van der Waals surface area (Å²) in [5.74, 6) is 0.0000806. The van der Waals surface area contributed by atoms with Gasteiger partial charge in [-0.1, -0.05) is 0 Å². The fraction of sp³-hybridized carbons (Fsp3) is 0.176. The van der Waals surface area contributed by atoms with Crippen LogP contribution >= 0.6 is 0 Å². The number of furan rings is 2. The molecule has 0 radical (unpaired) electrons. The molecule has 2 aromatic heterocycles. The summed E-state index contributed by atoms with van der Waals surface area (Å²) in [4.78, 5) is 23.0. The van der Waals surface area contributed by atoms with E-state index in [0.29, 0.717) is 11.5 Å². The lowest BCUT2D eigenvalue weighted by Gasteiger charge is -2.11. The van der Waals surface area contributed by atoms with E-state index in [0.717, 1.165) is 0 Å². The average Bonchev–Trinajstić information content (AvgIpc) is 3.22. The number of esters is 2. The van der Waals surface area contributed by atoms with Gasteiger partial charge in [-0.05, 0) is 43.3 Å². The van der Waals surface area contributed by atoms with Gasteiger partial charge in [-0.25, -0.2) is 9.59 Å². The van der Waals surface area contributed by atoms with E-state index in [1.54, 1.807) is 31.2 Å². The minimum atomic E-state index is -0.565. The van der Waals surface area contributed by atoms with Crippen molar-refractivity contribution in [3.63, 3.8) is 0 Å². The summed E-state index contributed by atoms with van der Waals surface area (Å²) in [6.07, 6.45) is 7.91. The summed E-state index contributed by atoms with van der Waals surface area (Å²) in [6.45, 7) is 1.59. The quantitative estimate of drug-likeness (QED) is 0.577. The fourth-order valence-electron chi connectivity index (χ4n) is 1.59. The molecule has 0 bridgehead atoms. The van der Waals surface area contributed by atoms with Gasteiger partial charge in [-0.15, -0.1) is 0 Å². The van der Waals surface area contributed by atoms with Crippen LogP contribution in [0, 0.1) is 0 Å². The van der Waals surface area contributed by atoms with Crippen molar-refractivity contribution in [2.45, 2.75) is 13.0 Å². The lowest BCUT2D eigenvalue weighted by atomic mass is 10.4. The molecule has 0 amide bonds. The van der Waals surface area contributed by atoms with Crippen LogP contribution in [-0.4, -0.2) is 24.6 Å². The molecule has 2 heterocycles. The van der Waals surface area contributed by atoms with Crippen molar-refractivity contribution in [2.75, 3.05) is 6.61 Å². The summed E-state index contributed by atoms with van der Waals surface area (Å²) in [5, 5.41) is 0. The van der Waals surface area contributed by atoms with E-state index in [2.05, 4.69) is 0 Å². The summed E-state index contributed by atoms with van der Waals surface area (Å²) in [6, 6.07) is 6.84. The van der Waals surface area contributed by atoms with Gasteiger partial charge in [0, 0.05) is 12.2 Å². The third-order valence-electron chi connectivity index (χ3n) is 2.63. The second-order valence-electron chi connectivity index (χ2n) is 4.58. The highest BCUT2D eigenvalue weighted by Gasteiger charge is 2.09. The maximum absolute atomic E-state index is 11.6. The number of carbonyl (C=O) groups excluding carboxylic acids is 2. The summed E-state index contributed by atoms with van der Waals surface area (Å²) >= 11 is 0. The smallest absolute Gasteiger partial charge is 0.331 e. The highest BCUT2D eigenvalue weighted by Crippen LogP contribution is 2.04. The number of hydrogen-bond donors (Lipinski definition) is 0. The van der Waals surface area contributed by atoms with Gasteiger partial charge < -0.3 is 18.3 Å². The first-order valence-electron chi connectivity index (χ1n) is 6.94. The van der Waals surface area contributed by atoms with Crippen molar-refractivity contribution in [3.05, 3.63) is 60.5 Å². The Balaban J connectivity index is 1.69. The Bertz CT molecular complexity index is 664. The van der Waals surface area contributed by atoms with Crippen molar-refractivity contribution in [3.8, 4) is 0 Å². The molecule has 0 aliphatic rings. The molecule has 1 unspecified atom stereocenters. The van der Waals surface area contributed by atoms with Crippen LogP contribution in [0.25, 0.3) is 12.2 Å². The molecule has 0 aliphatic heterocycles. The zero-order valence-electron chi connectivity index (χ0n) is 12.5. The maximum atomic E-state index is 11.6. The molecule has 0 fully saturated rings. The molecule has 0 saturated heterocycles. The topological polar surface area (TPSA) is 78.9 Å². The van der Waals surface area contributed by atoms with Crippen molar-refractivity contribution in [1.82, 2.24) is 0 Å². The first kappa shape index (κ1) is 16.4. The molecular weight excluding hydrogens is 300 g/mol. The third-order valence-corrected chi connectivity index (χ3v) is 2.63. The van der Waals surface area contributed by atoms with Gasteiger partial charge in [-0.3, -0.25) is 0 Å². The van der Waals surface area contributed by atoms with E-state index in [4.69, 9.17) is 18.3 Å². The van der Waals surface area contributed by atoms with Crippen LogP contribution in [-0.2, 0) is 19.1 Å². The molecule has 0 aliphatic carbocycles. The third kappa shape index (κ3) is 6.09. The minimum absolute atomic E-state index is 0.0400. The first-order chi connectivity index (χ1) is 11.1. The summed E-state index contributed by atoms with van der Waals surface area (Å²) < 4.78 is 20.1. The van der Waals surface area contributed by atoms with Gasteiger partial charge in [0.1, 0.15) is 24.2 Å². The molecule has 0 aromatic carbocycles. The fourth-order valence-corrected chi connectivity index (χ4v) is 1.59. The van der Waals surface area contributed by atoms with Crippen LogP contribution < -0.4 is 0 Å². The Kier molecular flexibility index (Phi) is 5.99. The van der Waals surface area contributed by atoms with Crippen LogP contribution in [0.5, 0.6) is 0 Å². The van der Waals surface area contributed by atoms with Gasteiger partial charge in [0.2, 0.25) is 0 Å². The van der Waals surface area contributed by atoms with E-state index < -0.39 is 18.0 Å². The molecular formula is C17H16O6.